The van der Waals surface area contributed by atoms with Crippen molar-refractivity contribution < 1.29 is 19.0 Å². The fourth-order valence-electron chi connectivity index (χ4n) is 2.39. The first kappa shape index (κ1) is 15.2. The Labute approximate surface area is 150 Å². The molecular formula is C17H9BrClNO4. The third-order valence-electron chi connectivity index (χ3n) is 3.48. The number of esters is 1. The van der Waals surface area contributed by atoms with E-state index in [0.29, 0.717) is 22.1 Å². The van der Waals surface area contributed by atoms with Crippen molar-refractivity contribution in [3.63, 3.8) is 0 Å². The van der Waals surface area contributed by atoms with Gasteiger partial charge < -0.3 is 14.2 Å². The van der Waals surface area contributed by atoms with Crippen LogP contribution in [0.3, 0.4) is 0 Å². The lowest BCUT2D eigenvalue weighted by molar-refractivity contribution is -0.129. The second kappa shape index (κ2) is 5.96. The molecule has 2 aliphatic rings. The third-order valence-corrected chi connectivity index (χ3v) is 4.40. The van der Waals surface area contributed by atoms with E-state index in [-0.39, 0.29) is 18.4 Å². The lowest BCUT2D eigenvalue weighted by Crippen LogP contribution is -2.05. The summed E-state index contributed by atoms with van der Waals surface area (Å²) in [5, 5.41) is 0.469. The molecule has 2 heterocycles. The molecular weight excluding hydrogens is 398 g/mol. The summed E-state index contributed by atoms with van der Waals surface area (Å²) in [4.78, 5) is 16.3. The van der Waals surface area contributed by atoms with E-state index in [0.717, 1.165) is 10.0 Å². The van der Waals surface area contributed by atoms with Crippen molar-refractivity contribution in [1.29, 1.82) is 0 Å². The van der Waals surface area contributed by atoms with Crippen LogP contribution in [-0.4, -0.2) is 18.7 Å². The Morgan fingerprint density at radius 3 is 2.88 bits per heavy atom. The van der Waals surface area contributed by atoms with Crippen LogP contribution in [0.4, 0.5) is 0 Å². The number of hydrogen-bond acceptors (Lipinski definition) is 5. The van der Waals surface area contributed by atoms with Gasteiger partial charge in [0.15, 0.2) is 17.2 Å². The number of benzene rings is 2. The van der Waals surface area contributed by atoms with E-state index < -0.39 is 5.97 Å². The maximum atomic E-state index is 12.1. The van der Waals surface area contributed by atoms with Gasteiger partial charge in [0, 0.05) is 0 Å². The highest BCUT2D eigenvalue weighted by Crippen LogP contribution is 2.40. The van der Waals surface area contributed by atoms with Crippen LogP contribution in [0.5, 0.6) is 11.5 Å². The van der Waals surface area contributed by atoms with Gasteiger partial charge in [-0.2, -0.15) is 0 Å². The second-order valence-electron chi connectivity index (χ2n) is 5.05. The number of halogens is 2. The maximum absolute atomic E-state index is 12.1. The van der Waals surface area contributed by atoms with Crippen molar-refractivity contribution in [2.75, 3.05) is 6.79 Å². The zero-order valence-electron chi connectivity index (χ0n) is 12.1. The molecule has 0 radical (unpaired) electrons. The first-order valence-corrected chi connectivity index (χ1v) is 8.15. The van der Waals surface area contributed by atoms with E-state index >= 15 is 0 Å². The van der Waals surface area contributed by atoms with Crippen LogP contribution in [0.2, 0.25) is 5.02 Å². The Bertz CT molecular complexity index is 923. The van der Waals surface area contributed by atoms with Gasteiger partial charge in [0.05, 0.1) is 15.1 Å². The van der Waals surface area contributed by atoms with Crippen LogP contribution in [-0.2, 0) is 9.53 Å². The van der Waals surface area contributed by atoms with Gasteiger partial charge in [0.1, 0.15) is 0 Å². The first-order valence-electron chi connectivity index (χ1n) is 6.98. The van der Waals surface area contributed by atoms with E-state index in [1.165, 1.54) is 0 Å². The molecule has 120 valence electrons. The zero-order chi connectivity index (χ0) is 16.7. The molecule has 2 aromatic rings. The number of aliphatic imine (C=N–C) groups is 1. The summed E-state index contributed by atoms with van der Waals surface area (Å²) in [5.74, 6) is 0.916. The number of nitrogens with zero attached hydrogens (tertiary/aromatic N) is 1. The topological polar surface area (TPSA) is 57.1 Å². The van der Waals surface area contributed by atoms with Gasteiger partial charge in [0.2, 0.25) is 12.7 Å². The molecule has 2 aromatic carbocycles. The van der Waals surface area contributed by atoms with Crippen molar-refractivity contribution in [1.82, 2.24) is 0 Å². The molecule has 0 saturated carbocycles. The smallest absolute Gasteiger partial charge is 0.363 e. The van der Waals surface area contributed by atoms with Crippen LogP contribution in [0, 0.1) is 0 Å². The average Bonchev–Trinajstić information content (AvgIpc) is 3.15. The number of fused-ring (bicyclic) bond motifs is 1. The molecule has 0 aliphatic carbocycles. The molecule has 24 heavy (non-hydrogen) atoms. The van der Waals surface area contributed by atoms with Crippen LogP contribution in [0.25, 0.3) is 6.08 Å². The summed E-state index contributed by atoms with van der Waals surface area (Å²) in [6.45, 7) is 0.171. The Morgan fingerprint density at radius 2 is 2.04 bits per heavy atom. The molecule has 4 rings (SSSR count). The molecule has 5 nitrogen and oxygen atoms in total. The molecule has 0 amide bonds. The summed E-state index contributed by atoms with van der Waals surface area (Å²) >= 11 is 9.53. The van der Waals surface area contributed by atoms with E-state index in [2.05, 4.69) is 20.9 Å². The van der Waals surface area contributed by atoms with Crippen LogP contribution in [0.1, 0.15) is 11.1 Å². The van der Waals surface area contributed by atoms with Crippen molar-refractivity contribution in [3.8, 4) is 11.5 Å². The Morgan fingerprint density at radius 1 is 1.21 bits per heavy atom. The Balaban J connectivity index is 1.72. The number of carbonyl (C=O) groups is 1. The highest BCUT2D eigenvalue weighted by molar-refractivity contribution is 9.10. The Hall–Kier alpha value is -2.31. The standard InChI is InChI=1S/C17H9BrClNO4/c18-11-5-9(7-14-15(11)23-8-22-14)6-13-17(21)24-16(20-13)10-3-1-2-4-12(10)19/h1-7H,8H2/b13-6-. The summed E-state index contributed by atoms with van der Waals surface area (Å²) in [6, 6.07) is 10.6. The fraction of sp³-hybridized carbons (Fsp3) is 0.0588. The van der Waals surface area contributed by atoms with Crippen LogP contribution < -0.4 is 9.47 Å². The second-order valence-corrected chi connectivity index (χ2v) is 6.31. The SMILES string of the molecule is O=C1OC(c2ccccc2Cl)=N/C1=C\c1cc(Br)c2c(c1)OCO2. The van der Waals surface area contributed by atoms with Crippen molar-refractivity contribution in [3.05, 3.63) is 62.7 Å². The van der Waals surface area contributed by atoms with Gasteiger partial charge in [-0.3, -0.25) is 0 Å². The molecule has 2 aliphatic heterocycles. The fourth-order valence-corrected chi connectivity index (χ4v) is 3.18. The van der Waals surface area contributed by atoms with Gasteiger partial charge in [-0.25, -0.2) is 9.79 Å². The molecule has 0 aromatic heterocycles. The number of hydrogen-bond donors (Lipinski definition) is 0. The van der Waals surface area contributed by atoms with Crippen LogP contribution >= 0.6 is 27.5 Å². The number of ether oxygens (including phenoxy) is 3. The highest BCUT2D eigenvalue weighted by Gasteiger charge is 2.26. The van der Waals surface area contributed by atoms with E-state index in [1.54, 1.807) is 36.4 Å². The normalized spacial score (nSPS) is 17.2. The summed E-state index contributed by atoms with van der Waals surface area (Å²) in [5.41, 5.74) is 1.50. The maximum Gasteiger partial charge on any atom is 0.363 e. The average molecular weight is 407 g/mol. The molecule has 0 spiro atoms. The minimum absolute atomic E-state index is 0.171. The van der Waals surface area contributed by atoms with Crippen molar-refractivity contribution >= 4 is 45.5 Å². The number of carbonyl (C=O) groups excluding carboxylic acids is 1. The molecule has 0 unspecified atom stereocenters. The van der Waals surface area contributed by atoms with Gasteiger partial charge in [0.25, 0.3) is 0 Å². The molecule has 0 fully saturated rings. The number of rotatable bonds is 2. The predicted molar refractivity (Wildman–Crippen MR) is 92.3 cm³/mol. The lowest BCUT2D eigenvalue weighted by atomic mass is 10.1. The molecule has 0 N–H and O–H groups in total. The highest BCUT2D eigenvalue weighted by atomic mass is 79.9. The van der Waals surface area contributed by atoms with Gasteiger partial charge in [-0.05, 0) is 51.8 Å². The van der Waals surface area contributed by atoms with Gasteiger partial charge in [-0.15, -0.1) is 0 Å². The van der Waals surface area contributed by atoms with Crippen molar-refractivity contribution in [2.45, 2.75) is 0 Å². The van der Waals surface area contributed by atoms with E-state index in [9.17, 15) is 4.79 Å². The molecule has 7 heteroatoms. The van der Waals surface area contributed by atoms with E-state index in [1.807, 2.05) is 6.07 Å². The monoisotopic (exact) mass is 405 g/mol. The molecule has 0 atom stereocenters. The van der Waals surface area contributed by atoms with Crippen LogP contribution in [0.15, 0.2) is 51.6 Å². The summed E-state index contributed by atoms with van der Waals surface area (Å²) in [6.07, 6.45) is 1.62. The molecule has 0 saturated heterocycles. The predicted octanol–water partition coefficient (Wildman–Crippen LogP) is 4.18. The first-order chi connectivity index (χ1) is 11.6. The largest absolute Gasteiger partial charge is 0.454 e. The number of cyclic esters (lactones) is 1. The summed E-state index contributed by atoms with van der Waals surface area (Å²) < 4.78 is 16.7. The van der Waals surface area contributed by atoms with Crippen molar-refractivity contribution in [2.24, 2.45) is 4.99 Å². The van der Waals surface area contributed by atoms with Gasteiger partial charge in [-0.1, -0.05) is 23.7 Å². The molecule has 0 bridgehead atoms. The zero-order valence-corrected chi connectivity index (χ0v) is 14.4. The lowest BCUT2D eigenvalue weighted by Gasteiger charge is -2.01. The minimum atomic E-state index is -0.529. The van der Waals surface area contributed by atoms with Gasteiger partial charge >= 0.3 is 5.97 Å². The quantitative estimate of drug-likeness (QED) is 0.555. The Kier molecular flexibility index (Phi) is 3.78. The van der Waals surface area contributed by atoms with E-state index in [4.69, 9.17) is 25.8 Å². The summed E-state index contributed by atoms with van der Waals surface area (Å²) in [7, 11) is 0. The third kappa shape index (κ3) is 2.68. The minimum Gasteiger partial charge on any atom is -0.454 e.